The van der Waals surface area contributed by atoms with Crippen molar-refractivity contribution in [1.82, 2.24) is 0 Å². The zero-order valence-corrected chi connectivity index (χ0v) is 15.7. The number of methoxy groups -OCH3 is 1. The Morgan fingerprint density at radius 1 is 0.792 bits per heavy atom. The maximum Gasteiger partial charge on any atom is 0.164 e. The summed E-state index contributed by atoms with van der Waals surface area (Å²) in [5.74, 6) is 1.39. The van der Waals surface area contributed by atoms with Gasteiger partial charge in [0.25, 0.3) is 0 Å². The van der Waals surface area contributed by atoms with Gasteiger partial charge >= 0.3 is 0 Å². The highest BCUT2D eigenvalue weighted by Crippen LogP contribution is 2.30. The van der Waals surface area contributed by atoms with Crippen molar-refractivity contribution in [2.45, 2.75) is 84.0 Å². The summed E-state index contributed by atoms with van der Waals surface area (Å²) < 4.78 is 10.8. The smallest absolute Gasteiger partial charge is 0.164 e. The molecule has 0 aromatic heterocycles. The van der Waals surface area contributed by atoms with E-state index in [1.54, 1.807) is 25.3 Å². The molecule has 0 heterocycles. The Bertz CT molecular complexity index is 418. The van der Waals surface area contributed by atoms with Crippen LogP contribution in [0.15, 0.2) is 18.2 Å². The average molecular weight is 337 g/mol. The summed E-state index contributed by atoms with van der Waals surface area (Å²) in [5, 5.41) is 9.74. The van der Waals surface area contributed by atoms with Crippen LogP contribution in [0, 0.1) is 0 Å². The standard InChI is InChI=1S/C21H36O3/c1-3-4-5-6-7-8-9-10-11-12-13-14-17-24-21-18-19(23-2)15-16-20(21)22/h15-16,18,22H,3-14,17H2,1-2H3. The number of unbranched alkanes of at least 4 members (excludes halogenated alkanes) is 11. The lowest BCUT2D eigenvalue weighted by Gasteiger charge is -2.09. The van der Waals surface area contributed by atoms with Crippen LogP contribution in [0.2, 0.25) is 0 Å². The molecule has 1 rings (SSSR count). The number of hydrogen-bond acceptors (Lipinski definition) is 3. The van der Waals surface area contributed by atoms with Gasteiger partial charge in [0.2, 0.25) is 0 Å². The normalized spacial score (nSPS) is 10.8. The van der Waals surface area contributed by atoms with Gasteiger partial charge in [0.1, 0.15) is 5.75 Å². The van der Waals surface area contributed by atoms with Crippen LogP contribution in [-0.2, 0) is 0 Å². The minimum atomic E-state index is 0.176. The molecule has 0 bridgehead atoms. The Labute approximate surface area is 148 Å². The monoisotopic (exact) mass is 336 g/mol. The highest BCUT2D eigenvalue weighted by molar-refractivity contribution is 5.44. The van der Waals surface area contributed by atoms with E-state index in [1.807, 2.05) is 0 Å². The SMILES string of the molecule is CCCCCCCCCCCCCCOc1cc(OC)ccc1O. The molecule has 0 aliphatic rings. The third kappa shape index (κ3) is 9.69. The Balaban J connectivity index is 1.92. The summed E-state index contributed by atoms with van der Waals surface area (Å²) in [6, 6.07) is 5.07. The number of aromatic hydroxyl groups is 1. The van der Waals surface area contributed by atoms with E-state index < -0.39 is 0 Å². The molecule has 0 radical (unpaired) electrons. The minimum absolute atomic E-state index is 0.176. The van der Waals surface area contributed by atoms with Crippen molar-refractivity contribution in [3.05, 3.63) is 18.2 Å². The molecule has 1 aromatic carbocycles. The van der Waals surface area contributed by atoms with Crippen LogP contribution >= 0.6 is 0 Å². The van der Waals surface area contributed by atoms with Gasteiger partial charge in [-0.05, 0) is 18.6 Å². The first-order chi connectivity index (χ1) is 11.8. The topological polar surface area (TPSA) is 38.7 Å². The zero-order valence-electron chi connectivity index (χ0n) is 15.7. The van der Waals surface area contributed by atoms with Crippen molar-refractivity contribution in [3.63, 3.8) is 0 Å². The number of phenolic OH excluding ortho intramolecular Hbond substituents is 1. The van der Waals surface area contributed by atoms with E-state index in [2.05, 4.69) is 6.92 Å². The van der Waals surface area contributed by atoms with Crippen LogP contribution in [0.5, 0.6) is 17.2 Å². The molecular weight excluding hydrogens is 300 g/mol. The lowest BCUT2D eigenvalue weighted by atomic mass is 10.1. The largest absolute Gasteiger partial charge is 0.504 e. The second kappa shape index (κ2) is 14.0. The molecule has 0 spiro atoms. The fourth-order valence-corrected chi connectivity index (χ4v) is 2.86. The van der Waals surface area contributed by atoms with Crippen LogP contribution in [-0.4, -0.2) is 18.8 Å². The van der Waals surface area contributed by atoms with E-state index in [1.165, 1.54) is 70.6 Å². The van der Waals surface area contributed by atoms with Crippen LogP contribution in [0.1, 0.15) is 84.0 Å². The summed E-state index contributed by atoms with van der Waals surface area (Å²) in [6.45, 7) is 2.92. The predicted octanol–water partition coefficient (Wildman–Crippen LogP) is 6.48. The summed E-state index contributed by atoms with van der Waals surface area (Å²) in [6.07, 6.45) is 16.0. The molecule has 0 fully saturated rings. The van der Waals surface area contributed by atoms with Gasteiger partial charge in [0, 0.05) is 6.07 Å². The minimum Gasteiger partial charge on any atom is -0.504 e. The fraction of sp³-hybridized carbons (Fsp3) is 0.714. The third-order valence-electron chi connectivity index (χ3n) is 4.42. The maximum atomic E-state index is 9.74. The van der Waals surface area contributed by atoms with Gasteiger partial charge in [0.15, 0.2) is 11.5 Å². The summed E-state index contributed by atoms with van der Waals surface area (Å²) in [7, 11) is 1.61. The van der Waals surface area contributed by atoms with Gasteiger partial charge < -0.3 is 14.6 Å². The van der Waals surface area contributed by atoms with Crippen molar-refractivity contribution in [1.29, 1.82) is 0 Å². The van der Waals surface area contributed by atoms with Gasteiger partial charge in [-0.25, -0.2) is 0 Å². The first-order valence-electron chi connectivity index (χ1n) is 9.77. The second-order valence-corrected chi connectivity index (χ2v) is 6.57. The number of ether oxygens (including phenoxy) is 2. The molecule has 0 aliphatic carbocycles. The van der Waals surface area contributed by atoms with E-state index in [0.29, 0.717) is 18.1 Å². The van der Waals surface area contributed by atoms with Crippen molar-refractivity contribution >= 4 is 0 Å². The van der Waals surface area contributed by atoms with Crippen LogP contribution < -0.4 is 9.47 Å². The Morgan fingerprint density at radius 3 is 1.88 bits per heavy atom. The molecular formula is C21H36O3. The van der Waals surface area contributed by atoms with Crippen LogP contribution in [0.3, 0.4) is 0 Å². The lowest BCUT2D eigenvalue weighted by molar-refractivity contribution is 0.286. The van der Waals surface area contributed by atoms with E-state index >= 15 is 0 Å². The summed E-state index contributed by atoms with van der Waals surface area (Å²) in [4.78, 5) is 0. The van der Waals surface area contributed by atoms with Gasteiger partial charge in [-0.2, -0.15) is 0 Å². The third-order valence-corrected chi connectivity index (χ3v) is 4.42. The predicted molar refractivity (Wildman–Crippen MR) is 101 cm³/mol. The molecule has 24 heavy (non-hydrogen) atoms. The van der Waals surface area contributed by atoms with E-state index in [-0.39, 0.29) is 5.75 Å². The fourth-order valence-electron chi connectivity index (χ4n) is 2.86. The quantitative estimate of drug-likeness (QED) is 0.372. The molecule has 0 unspecified atom stereocenters. The molecule has 0 aliphatic heterocycles. The Kier molecular flexibility index (Phi) is 12.1. The first kappa shape index (κ1) is 20.7. The van der Waals surface area contributed by atoms with Crippen molar-refractivity contribution in [3.8, 4) is 17.2 Å². The van der Waals surface area contributed by atoms with Gasteiger partial charge in [0.05, 0.1) is 13.7 Å². The number of benzene rings is 1. The van der Waals surface area contributed by atoms with E-state index in [0.717, 1.165) is 6.42 Å². The number of rotatable bonds is 15. The van der Waals surface area contributed by atoms with Crippen molar-refractivity contribution in [2.24, 2.45) is 0 Å². The van der Waals surface area contributed by atoms with Crippen molar-refractivity contribution in [2.75, 3.05) is 13.7 Å². The number of phenols is 1. The van der Waals surface area contributed by atoms with Crippen molar-refractivity contribution < 1.29 is 14.6 Å². The molecule has 1 aromatic rings. The van der Waals surface area contributed by atoms with Crippen LogP contribution in [0.4, 0.5) is 0 Å². The molecule has 3 heteroatoms. The average Bonchev–Trinajstić information content (AvgIpc) is 2.60. The summed E-state index contributed by atoms with van der Waals surface area (Å²) >= 11 is 0. The zero-order chi connectivity index (χ0) is 17.5. The molecule has 3 nitrogen and oxygen atoms in total. The number of hydrogen-bond donors (Lipinski definition) is 1. The highest BCUT2D eigenvalue weighted by atomic mass is 16.5. The highest BCUT2D eigenvalue weighted by Gasteiger charge is 2.04. The molecule has 0 atom stereocenters. The lowest BCUT2D eigenvalue weighted by Crippen LogP contribution is -1.98. The second-order valence-electron chi connectivity index (χ2n) is 6.57. The van der Waals surface area contributed by atoms with Gasteiger partial charge in [-0.15, -0.1) is 0 Å². The molecule has 1 N–H and O–H groups in total. The molecule has 0 saturated carbocycles. The van der Waals surface area contributed by atoms with Crippen LogP contribution in [0.25, 0.3) is 0 Å². The Morgan fingerprint density at radius 2 is 1.33 bits per heavy atom. The summed E-state index contributed by atoms with van der Waals surface area (Å²) in [5.41, 5.74) is 0. The maximum absolute atomic E-state index is 9.74. The first-order valence-corrected chi connectivity index (χ1v) is 9.77. The molecule has 0 saturated heterocycles. The van der Waals surface area contributed by atoms with E-state index in [4.69, 9.17) is 9.47 Å². The molecule has 0 amide bonds. The van der Waals surface area contributed by atoms with Gasteiger partial charge in [-0.3, -0.25) is 0 Å². The van der Waals surface area contributed by atoms with E-state index in [9.17, 15) is 5.11 Å². The molecule has 138 valence electrons. The Hall–Kier alpha value is -1.38. The van der Waals surface area contributed by atoms with Gasteiger partial charge in [-0.1, -0.05) is 77.6 Å².